The van der Waals surface area contributed by atoms with Crippen molar-refractivity contribution in [1.82, 2.24) is 9.88 Å². The van der Waals surface area contributed by atoms with Gasteiger partial charge in [0, 0.05) is 48.0 Å². The second-order valence-corrected chi connectivity index (χ2v) is 9.24. The molecule has 1 unspecified atom stereocenters. The summed E-state index contributed by atoms with van der Waals surface area (Å²) in [6, 6.07) is 13.1. The van der Waals surface area contributed by atoms with Gasteiger partial charge < -0.3 is 19.7 Å². The minimum Gasteiger partial charge on any atom is -0.507 e. The molecule has 1 fully saturated rings. The summed E-state index contributed by atoms with van der Waals surface area (Å²) < 4.78 is 5.19. The third kappa shape index (κ3) is 3.72. The Morgan fingerprint density at radius 3 is 2.68 bits per heavy atom. The van der Waals surface area contributed by atoms with Crippen molar-refractivity contribution in [3.8, 4) is 0 Å². The number of rotatable bonds is 6. The quantitative estimate of drug-likeness (QED) is 0.240. The minimum absolute atomic E-state index is 0.101. The lowest BCUT2D eigenvalue weighted by atomic mass is 9.88. The highest BCUT2D eigenvalue weighted by Gasteiger charge is 2.47. The van der Waals surface area contributed by atoms with Crippen LogP contribution < -0.4 is 0 Å². The van der Waals surface area contributed by atoms with E-state index < -0.39 is 17.7 Å². The Bertz CT molecular complexity index is 1300. The number of hydrogen-bond acceptors (Lipinski definition) is 4. The number of aryl methyl sites for hydroxylation is 3. The molecule has 1 aliphatic carbocycles. The molecule has 3 aromatic rings. The van der Waals surface area contributed by atoms with Crippen LogP contribution in [0.2, 0.25) is 0 Å². The number of methoxy groups -OCH3 is 1. The number of ether oxygens (including phenoxy) is 1. The number of nitrogens with zero attached hydrogens (tertiary/aromatic N) is 1. The zero-order valence-corrected chi connectivity index (χ0v) is 19.7. The molecule has 0 saturated carbocycles. The number of fused-ring (bicyclic) bond motifs is 2. The van der Waals surface area contributed by atoms with Gasteiger partial charge >= 0.3 is 0 Å². The van der Waals surface area contributed by atoms with E-state index >= 15 is 0 Å². The number of H-pyrrole nitrogens is 1. The first-order valence-electron chi connectivity index (χ1n) is 12.0. The van der Waals surface area contributed by atoms with Gasteiger partial charge in [0.25, 0.3) is 11.7 Å². The van der Waals surface area contributed by atoms with Crippen LogP contribution in [0, 0.1) is 6.92 Å². The lowest BCUT2D eigenvalue weighted by Gasteiger charge is -2.26. The van der Waals surface area contributed by atoms with Crippen LogP contribution >= 0.6 is 0 Å². The zero-order chi connectivity index (χ0) is 23.8. The Labute approximate surface area is 199 Å². The second-order valence-electron chi connectivity index (χ2n) is 9.24. The third-order valence-electron chi connectivity index (χ3n) is 7.13. The van der Waals surface area contributed by atoms with Crippen LogP contribution in [0.5, 0.6) is 0 Å². The number of carbonyl (C=O) groups is 2. The number of aliphatic hydroxyl groups excluding tert-OH is 1. The summed E-state index contributed by atoms with van der Waals surface area (Å²) in [5.41, 5.74) is 5.93. The second kappa shape index (κ2) is 9.11. The van der Waals surface area contributed by atoms with Crippen LogP contribution in [-0.4, -0.2) is 46.9 Å². The molecule has 0 radical (unpaired) electrons. The summed E-state index contributed by atoms with van der Waals surface area (Å²) >= 11 is 0. The van der Waals surface area contributed by atoms with Crippen LogP contribution in [0.15, 0.2) is 48.0 Å². The lowest BCUT2D eigenvalue weighted by Crippen LogP contribution is -2.31. The van der Waals surface area contributed by atoms with Crippen molar-refractivity contribution >= 4 is 28.4 Å². The van der Waals surface area contributed by atoms with E-state index in [4.69, 9.17) is 4.74 Å². The summed E-state index contributed by atoms with van der Waals surface area (Å²) in [5, 5.41) is 12.4. The summed E-state index contributed by atoms with van der Waals surface area (Å²) in [7, 11) is 1.62. The molecule has 6 nitrogen and oxygen atoms in total. The number of likely N-dealkylation sites (tertiary alicyclic amines) is 1. The Balaban J connectivity index is 1.68. The summed E-state index contributed by atoms with van der Waals surface area (Å²) in [6.07, 6.45) is 4.89. The Morgan fingerprint density at radius 1 is 1.12 bits per heavy atom. The maximum Gasteiger partial charge on any atom is 0.295 e. The molecule has 6 heteroatoms. The van der Waals surface area contributed by atoms with Crippen LogP contribution in [0.25, 0.3) is 16.7 Å². The molecule has 2 heterocycles. The molecule has 34 heavy (non-hydrogen) atoms. The van der Waals surface area contributed by atoms with Crippen molar-refractivity contribution in [3.63, 3.8) is 0 Å². The van der Waals surface area contributed by atoms with Gasteiger partial charge in [-0.2, -0.15) is 0 Å². The molecule has 1 atom stereocenters. The number of aromatic nitrogens is 1. The predicted molar refractivity (Wildman–Crippen MR) is 132 cm³/mol. The van der Waals surface area contributed by atoms with E-state index in [2.05, 4.69) is 4.98 Å². The molecule has 1 saturated heterocycles. The molecule has 2 N–H and O–H groups in total. The van der Waals surface area contributed by atoms with Crippen LogP contribution in [0.3, 0.4) is 0 Å². The number of Topliss-reactive ketones (excluding diaryl/α,β-unsaturated/α-hetero) is 1. The third-order valence-corrected chi connectivity index (χ3v) is 7.13. The van der Waals surface area contributed by atoms with Gasteiger partial charge in [-0.15, -0.1) is 0 Å². The molecule has 2 aromatic carbocycles. The van der Waals surface area contributed by atoms with E-state index in [1.807, 2.05) is 49.4 Å². The van der Waals surface area contributed by atoms with Gasteiger partial charge in [-0.05, 0) is 62.3 Å². The number of amides is 1. The number of ketones is 1. The monoisotopic (exact) mass is 458 g/mol. The largest absolute Gasteiger partial charge is 0.507 e. The molecule has 0 bridgehead atoms. The fourth-order valence-corrected chi connectivity index (χ4v) is 5.48. The molecular formula is C28H30N2O4. The number of aromatic amines is 1. The smallest absolute Gasteiger partial charge is 0.295 e. The number of hydrogen-bond donors (Lipinski definition) is 2. The Kier molecular flexibility index (Phi) is 6.00. The maximum absolute atomic E-state index is 13.4. The molecule has 0 spiro atoms. The average Bonchev–Trinajstić information content (AvgIpc) is 3.31. The topological polar surface area (TPSA) is 82.6 Å². The first kappa shape index (κ1) is 22.4. The summed E-state index contributed by atoms with van der Waals surface area (Å²) in [4.78, 5) is 31.5. The number of benzene rings is 2. The van der Waals surface area contributed by atoms with Crippen LogP contribution in [0.4, 0.5) is 0 Å². The molecule has 5 rings (SSSR count). The molecule has 2 aliphatic rings. The number of carbonyl (C=O) groups excluding carboxylic acids is 2. The fraction of sp³-hybridized carbons (Fsp3) is 0.357. The van der Waals surface area contributed by atoms with Crippen molar-refractivity contribution in [2.24, 2.45) is 0 Å². The van der Waals surface area contributed by atoms with Gasteiger partial charge in [0.2, 0.25) is 0 Å². The minimum atomic E-state index is -0.663. The van der Waals surface area contributed by atoms with E-state index in [0.717, 1.165) is 41.4 Å². The summed E-state index contributed by atoms with van der Waals surface area (Å²) in [5.74, 6) is -1.32. The van der Waals surface area contributed by atoms with Gasteiger partial charge in [0.1, 0.15) is 5.76 Å². The van der Waals surface area contributed by atoms with Crippen LogP contribution in [0.1, 0.15) is 53.3 Å². The van der Waals surface area contributed by atoms with Crippen molar-refractivity contribution in [3.05, 3.63) is 76.0 Å². The van der Waals surface area contributed by atoms with Gasteiger partial charge in [-0.1, -0.05) is 30.3 Å². The maximum atomic E-state index is 13.4. The number of para-hydroxylation sites is 1. The predicted octanol–water partition coefficient (Wildman–Crippen LogP) is 4.81. The molecule has 1 aliphatic heterocycles. The van der Waals surface area contributed by atoms with Crippen molar-refractivity contribution in [2.75, 3.05) is 20.3 Å². The average molecular weight is 459 g/mol. The van der Waals surface area contributed by atoms with Gasteiger partial charge in [0.15, 0.2) is 0 Å². The van der Waals surface area contributed by atoms with Crippen molar-refractivity contribution < 1.29 is 19.4 Å². The van der Waals surface area contributed by atoms with Gasteiger partial charge in [-0.25, -0.2) is 0 Å². The van der Waals surface area contributed by atoms with Gasteiger partial charge in [0.05, 0.1) is 11.6 Å². The van der Waals surface area contributed by atoms with E-state index in [1.165, 1.54) is 17.5 Å². The molecule has 1 aromatic heterocycles. The first-order valence-corrected chi connectivity index (χ1v) is 12.0. The highest BCUT2D eigenvalue weighted by molar-refractivity contribution is 6.46. The van der Waals surface area contributed by atoms with E-state index in [0.29, 0.717) is 25.1 Å². The zero-order valence-electron chi connectivity index (χ0n) is 19.7. The highest BCUT2D eigenvalue weighted by atomic mass is 16.5. The lowest BCUT2D eigenvalue weighted by molar-refractivity contribution is -0.140. The molecular weight excluding hydrogens is 428 g/mol. The van der Waals surface area contributed by atoms with Crippen molar-refractivity contribution in [2.45, 2.75) is 45.1 Å². The summed E-state index contributed by atoms with van der Waals surface area (Å²) in [6.45, 7) is 2.79. The van der Waals surface area contributed by atoms with Gasteiger partial charge in [-0.3, -0.25) is 9.59 Å². The highest BCUT2D eigenvalue weighted by Crippen LogP contribution is 2.43. The van der Waals surface area contributed by atoms with E-state index in [-0.39, 0.29) is 11.3 Å². The normalized spacial score (nSPS) is 19.7. The molecule has 176 valence electrons. The van der Waals surface area contributed by atoms with E-state index in [1.54, 1.807) is 12.0 Å². The number of aliphatic hydroxyl groups is 1. The van der Waals surface area contributed by atoms with E-state index in [9.17, 15) is 14.7 Å². The van der Waals surface area contributed by atoms with Crippen LogP contribution in [-0.2, 0) is 27.2 Å². The standard InChI is InChI=1S/C28H30N2O4/c1-17-23(21-10-5-6-11-22(21)29-17)25-24(27(32)28(33)30(25)14-7-15-34-2)26(31)20-13-12-18-8-3-4-9-19(18)16-20/h5-6,10-13,16,25,29,31H,3-4,7-9,14-15H2,1-2H3/b26-24+. The molecule has 1 amide bonds. The number of nitrogens with one attached hydrogen (secondary N) is 1. The fourth-order valence-electron chi connectivity index (χ4n) is 5.48. The van der Waals surface area contributed by atoms with Crippen molar-refractivity contribution in [1.29, 1.82) is 0 Å². The Morgan fingerprint density at radius 2 is 1.88 bits per heavy atom. The first-order chi connectivity index (χ1) is 16.5. The Hall–Kier alpha value is -3.38. The SMILES string of the molecule is COCCCN1C(=O)C(=O)/C(=C(/O)c2ccc3c(c2)CCCC3)C1c1c(C)[nH]c2ccccc12.